The first-order chi connectivity index (χ1) is 12.9. The number of rotatable bonds is 5. The number of carbonyl (C=O) groups excluding carboxylic acids is 1. The summed E-state index contributed by atoms with van der Waals surface area (Å²) in [6.45, 7) is 2.41. The van der Waals surface area contributed by atoms with Crippen LogP contribution in [0.2, 0.25) is 0 Å². The van der Waals surface area contributed by atoms with E-state index in [0.717, 1.165) is 38.9 Å². The highest BCUT2D eigenvalue weighted by Gasteiger charge is 2.38. The van der Waals surface area contributed by atoms with Gasteiger partial charge >= 0.3 is 12.1 Å². The molecule has 1 aliphatic heterocycles. The molecule has 1 amide bonds. The number of nitrogens with zero attached hydrogens (tertiary/aromatic N) is 3. The maximum Gasteiger partial charge on any atom is 0.471 e. The standard InChI is InChI=1S/C18H21F3N4O2.ClH/c1-22-9-6-12-7-10-25(11-8-12)16(26)14-4-2-13(3-5-14)15-23-17(27-24-15)18(19,20)21;/h2-5,12,22H,6-11H2,1H3;1H. The number of hydrogen-bond acceptors (Lipinski definition) is 5. The molecule has 154 valence electrons. The van der Waals surface area contributed by atoms with Crippen molar-refractivity contribution in [2.24, 2.45) is 5.92 Å². The van der Waals surface area contributed by atoms with Crippen molar-refractivity contribution < 1.29 is 22.5 Å². The molecule has 1 saturated heterocycles. The number of hydrogen-bond donors (Lipinski definition) is 1. The summed E-state index contributed by atoms with van der Waals surface area (Å²) in [5.41, 5.74) is 0.850. The zero-order valence-corrected chi connectivity index (χ0v) is 16.1. The number of aromatic nitrogens is 2. The molecular formula is C18H22ClF3N4O2. The average Bonchev–Trinajstić information content (AvgIpc) is 3.17. The number of halogens is 4. The van der Waals surface area contributed by atoms with Crippen molar-refractivity contribution in [3.05, 3.63) is 35.7 Å². The van der Waals surface area contributed by atoms with Crippen LogP contribution in [0.1, 0.15) is 35.5 Å². The number of piperidine rings is 1. The van der Waals surface area contributed by atoms with E-state index in [4.69, 9.17) is 0 Å². The Bertz CT molecular complexity index is 772. The van der Waals surface area contributed by atoms with Gasteiger partial charge in [-0.05, 0) is 50.9 Å². The molecule has 3 rings (SSSR count). The maximum atomic E-state index is 12.6. The van der Waals surface area contributed by atoms with E-state index in [0.29, 0.717) is 17.0 Å². The molecule has 0 spiro atoms. The van der Waals surface area contributed by atoms with Crippen LogP contribution in [0.4, 0.5) is 13.2 Å². The lowest BCUT2D eigenvalue weighted by Gasteiger charge is -2.32. The molecule has 1 aromatic heterocycles. The predicted octanol–water partition coefficient (Wildman–Crippen LogP) is 3.64. The van der Waals surface area contributed by atoms with Crippen LogP contribution in [0.25, 0.3) is 11.4 Å². The van der Waals surface area contributed by atoms with Gasteiger partial charge in [-0.3, -0.25) is 4.79 Å². The second kappa shape index (κ2) is 9.38. The van der Waals surface area contributed by atoms with Gasteiger partial charge in [0.1, 0.15) is 0 Å². The molecule has 1 fully saturated rings. The molecule has 0 saturated carbocycles. The Morgan fingerprint density at radius 3 is 2.43 bits per heavy atom. The van der Waals surface area contributed by atoms with E-state index in [1.807, 2.05) is 11.9 Å². The van der Waals surface area contributed by atoms with E-state index in [9.17, 15) is 18.0 Å². The quantitative estimate of drug-likeness (QED) is 0.802. The van der Waals surface area contributed by atoms with Crippen LogP contribution < -0.4 is 5.32 Å². The van der Waals surface area contributed by atoms with Crippen LogP contribution in [-0.2, 0) is 6.18 Å². The van der Waals surface area contributed by atoms with Gasteiger partial charge in [-0.25, -0.2) is 0 Å². The summed E-state index contributed by atoms with van der Waals surface area (Å²) in [4.78, 5) is 17.8. The van der Waals surface area contributed by atoms with Crippen LogP contribution in [0, 0.1) is 5.92 Å². The first-order valence-electron chi connectivity index (χ1n) is 8.83. The van der Waals surface area contributed by atoms with Crippen LogP contribution in [0.5, 0.6) is 0 Å². The van der Waals surface area contributed by atoms with E-state index < -0.39 is 12.1 Å². The third kappa shape index (κ3) is 5.23. The summed E-state index contributed by atoms with van der Waals surface area (Å²) in [6, 6.07) is 6.21. The van der Waals surface area contributed by atoms with E-state index in [-0.39, 0.29) is 24.1 Å². The van der Waals surface area contributed by atoms with Gasteiger partial charge in [-0.1, -0.05) is 17.3 Å². The van der Waals surface area contributed by atoms with Gasteiger partial charge in [0.25, 0.3) is 5.91 Å². The van der Waals surface area contributed by atoms with Gasteiger partial charge in [0.2, 0.25) is 5.82 Å². The highest BCUT2D eigenvalue weighted by Crippen LogP contribution is 2.29. The largest absolute Gasteiger partial charge is 0.471 e. The first kappa shape index (κ1) is 22.2. The van der Waals surface area contributed by atoms with Crippen molar-refractivity contribution in [2.45, 2.75) is 25.4 Å². The molecule has 0 bridgehead atoms. The summed E-state index contributed by atoms with van der Waals surface area (Å²) < 4.78 is 41.8. The number of likely N-dealkylation sites (tertiary alicyclic amines) is 1. The highest BCUT2D eigenvalue weighted by molar-refractivity contribution is 5.94. The molecule has 1 aromatic carbocycles. The van der Waals surface area contributed by atoms with E-state index >= 15 is 0 Å². The summed E-state index contributed by atoms with van der Waals surface area (Å²) in [6.07, 6.45) is -1.61. The van der Waals surface area contributed by atoms with Crippen LogP contribution in [0.15, 0.2) is 28.8 Å². The molecule has 10 heteroatoms. The fraction of sp³-hybridized carbons (Fsp3) is 0.500. The monoisotopic (exact) mass is 418 g/mol. The Hall–Kier alpha value is -2.13. The molecule has 1 N–H and O–H groups in total. The van der Waals surface area contributed by atoms with Crippen molar-refractivity contribution in [3.63, 3.8) is 0 Å². The molecule has 28 heavy (non-hydrogen) atoms. The Balaban J connectivity index is 0.00000280. The summed E-state index contributed by atoms with van der Waals surface area (Å²) in [5.74, 6) is -0.992. The number of carbonyl (C=O) groups is 1. The smallest absolute Gasteiger partial charge is 0.339 e. The van der Waals surface area contributed by atoms with Gasteiger partial charge in [0.15, 0.2) is 0 Å². The number of nitrogens with one attached hydrogen (secondary N) is 1. The summed E-state index contributed by atoms with van der Waals surface area (Å²) in [5, 5.41) is 6.49. The fourth-order valence-corrected chi connectivity index (χ4v) is 3.17. The number of benzene rings is 1. The Labute approximate surface area is 166 Å². The van der Waals surface area contributed by atoms with Gasteiger partial charge in [0, 0.05) is 24.2 Å². The van der Waals surface area contributed by atoms with Crippen LogP contribution in [-0.4, -0.2) is 47.6 Å². The molecular weight excluding hydrogens is 397 g/mol. The minimum absolute atomic E-state index is 0. The minimum atomic E-state index is -4.68. The molecule has 0 unspecified atom stereocenters. The normalized spacial score (nSPS) is 15.4. The Morgan fingerprint density at radius 1 is 1.25 bits per heavy atom. The third-order valence-electron chi connectivity index (χ3n) is 4.76. The SMILES string of the molecule is CNCCC1CCN(C(=O)c2ccc(-c3noc(C(F)(F)F)n3)cc2)CC1.Cl. The predicted molar refractivity (Wildman–Crippen MR) is 99.2 cm³/mol. The molecule has 2 aromatic rings. The lowest BCUT2D eigenvalue weighted by Crippen LogP contribution is -2.38. The maximum absolute atomic E-state index is 12.6. The highest BCUT2D eigenvalue weighted by atomic mass is 35.5. The van der Waals surface area contributed by atoms with Gasteiger partial charge in [0.05, 0.1) is 0 Å². The lowest BCUT2D eigenvalue weighted by atomic mass is 9.93. The Kier molecular flexibility index (Phi) is 7.42. The van der Waals surface area contributed by atoms with Crippen LogP contribution in [0.3, 0.4) is 0 Å². The zero-order valence-electron chi connectivity index (χ0n) is 15.3. The van der Waals surface area contributed by atoms with Gasteiger partial charge in [-0.15, -0.1) is 12.4 Å². The fourth-order valence-electron chi connectivity index (χ4n) is 3.17. The average molecular weight is 419 g/mol. The second-order valence-electron chi connectivity index (χ2n) is 6.63. The topological polar surface area (TPSA) is 71.3 Å². The second-order valence-corrected chi connectivity index (χ2v) is 6.63. The molecule has 6 nitrogen and oxygen atoms in total. The lowest BCUT2D eigenvalue weighted by molar-refractivity contribution is -0.159. The summed E-state index contributed by atoms with van der Waals surface area (Å²) >= 11 is 0. The number of alkyl halides is 3. The van der Waals surface area contributed by atoms with Crippen molar-refractivity contribution in [3.8, 4) is 11.4 Å². The van der Waals surface area contributed by atoms with Crippen molar-refractivity contribution in [2.75, 3.05) is 26.7 Å². The van der Waals surface area contributed by atoms with Crippen molar-refractivity contribution in [1.82, 2.24) is 20.4 Å². The summed E-state index contributed by atoms with van der Waals surface area (Å²) in [7, 11) is 1.93. The molecule has 0 radical (unpaired) electrons. The van der Waals surface area contributed by atoms with Crippen LogP contribution >= 0.6 is 12.4 Å². The van der Waals surface area contributed by atoms with Gasteiger partial charge in [-0.2, -0.15) is 18.2 Å². The number of amides is 1. The van der Waals surface area contributed by atoms with E-state index in [1.54, 1.807) is 12.1 Å². The van der Waals surface area contributed by atoms with Crippen molar-refractivity contribution in [1.29, 1.82) is 0 Å². The molecule has 0 atom stereocenters. The van der Waals surface area contributed by atoms with E-state index in [2.05, 4.69) is 20.0 Å². The Morgan fingerprint density at radius 2 is 1.89 bits per heavy atom. The first-order valence-corrected chi connectivity index (χ1v) is 8.83. The third-order valence-corrected chi connectivity index (χ3v) is 4.76. The van der Waals surface area contributed by atoms with E-state index in [1.165, 1.54) is 12.1 Å². The van der Waals surface area contributed by atoms with Crippen molar-refractivity contribution >= 4 is 18.3 Å². The molecule has 1 aliphatic rings. The van der Waals surface area contributed by atoms with Gasteiger partial charge < -0.3 is 14.7 Å². The molecule has 0 aliphatic carbocycles. The zero-order chi connectivity index (χ0) is 19.4. The molecule has 2 heterocycles. The minimum Gasteiger partial charge on any atom is -0.339 e.